The van der Waals surface area contributed by atoms with Crippen LogP contribution in [0.3, 0.4) is 0 Å². The summed E-state index contributed by atoms with van der Waals surface area (Å²) in [7, 11) is 0. The topological polar surface area (TPSA) is 58.4 Å². The van der Waals surface area contributed by atoms with Crippen molar-refractivity contribution in [2.24, 2.45) is 11.7 Å². The first-order valence-corrected chi connectivity index (χ1v) is 8.15. The maximum Gasteiger partial charge on any atom is 0.239 e. The molecule has 1 amide bonds. The van der Waals surface area contributed by atoms with Gasteiger partial charge in [0.15, 0.2) is 0 Å². The van der Waals surface area contributed by atoms with E-state index in [1.165, 1.54) is 17.7 Å². The standard InChI is InChI=1S/C15H25N3OS/c1-15(2,16)14(19)17-9-12-5-3-7-18(10-12)11-13-6-4-8-20-13/h4,6,8,12H,3,5,7,9-11,16H2,1-2H3,(H,17,19). The SMILES string of the molecule is CC(C)(N)C(=O)NCC1CCCN(Cc2cccs2)C1. The number of nitrogens with two attached hydrogens (primary N) is 1. The van der Waals surface area contributed by atoms with Gasteiger partial charge < -0.3 is 11.1 Å². The molecule has 0 spiro atoms. The van der Waals surface area contributed by atoms with Gasteiger partial charge in [-0.3, -0.25) is 9.69 Å². The molecule has 2 rings (SSSR count). The highest BCUT2D eigenvalue weighted by atomic mass is 32.1. The molecule has 20 heavy (non-hydrogen) atoms. The van der Waals surface area contributed by atoms with Crippen molar-refractivity contribution in [3.05, 3.63) is 22.4 Å². The van der Waals surface area contributed by atoms with Crippen LogP contribution in [0.25, 0.3) is 0 Å². The van der Waals surface area contributed by atoms with E-state index < -0.39 is 5.54 Å². The Morgan fingerprint density at radius 1 is 1.60 bits per heavy atom. The minimum absolute atomic E-state index is 0.0621. The molecule has 0 bridgehead atoms. The molecule has 2 heterocycles. The van der Waals surface area contributed by atoms with Gasteiger partial charge in [-0.2, -0.15) is 0 Å². The third-order valence-corrected chi connectivity index (χ3v) is 4.56. The van der Waals surface area contributed by atoms with Crippen molar-refractivity contribution in [1.82, 2.24) is 10.2 Å². The van der Waals surface area contributed by atoms with Crippen LogP contribution in [0.15, 0.2) is 17.5 Å². The number of carbonyl (C=O) groups is 1. The summed E-state index contributed by atoms with van der Waals surface area (Å²) in [5.41, 5.74) is 5.00. The van der Waals surface area contributed by atoms with Crippen molar-refractivity contribution in [2.75, 3.05) is 19.6 Å². The molecule has 0 saturated carbocycles. The lowest BCUT2D eigenvalue weighted by Gasteiger charge is -2.33. The summed E-state index contributed by atoms with van der Waals surface area (Å²) in [5, 5.41) is 5.11. The summed E-state index contributed by atoms with van der Waals surface area (Å²) in [6, 6.07) is 4.29. The molecule has 1 fully saturated rings. The Hall–Kier alpha value is -0.910. The van der Waals surface area contributed by atoms with Crippen LogP contribution >= 0.6 is 11.3 Å². The zero-order valence-electron chi connectivity index (χ0n) is 12.4. The summed E-state index contributed by atoms with van der Waals surface area (Å²) in [5.74, 6) is 0.475. The van der Waals surface area contributed by atoms with E-state index >= 15 is 0 Å². The average molecular weight is 295 g/mol. The summed E-state index contributed by atoms with van der Waals surface area (Å²) in [4.78, 5) is 15.7. The largest absolute Gasteiger partial charge is 0.354 e. The maximum absolute atomic E-state index is 11.8. The number of rotatable bonds is 5. The van der Waals surface area contributed by atoms with E-state index in [-0.39, 0.29) is 5.91 Å². The molecule has 4 nitrogen and oxygen atoms in total. The molecular weight excluding hydrogens is 270 g/mol. The number of hydrogen-bond donors (Lipinski definition) is 2. The fourth-order valence-corrected chi connectivity index (χ4v) is 3.30. The fourth-order valence-electron chi connectivity index (χ4n) is 2.55. The van der Waals surface area contributed by atoms with Gasteiger partial charge in [-0.15, -0.1) is 11.3 Å². The van der Waals surface area contributed by atoms with E-state index in [9.17, 15) is 4.79 Å². The summed E-state index contributed by atoms with van der Waals surface area (Å²) in [6.07, 6.45) is 2.39. The molecule has 3 N–H and O–H groups in total. The van der Waals surface area contributed by atoms with E-state index in [4.69, 9.17) is 5.73 Å². The monoisotopic (exact) mass is 295 g/mol. The first-order valence-electron chi connectivity index (χ1n) is 7.27. The Morgan fingerprint density at radius 3 is 3.05 bits per heavy atom. The molecule has 1 aliphatic rings. The number of hydrogen-bond acceptors (Lipinski definition) is 4. The molecule has 1 unspecified atom stereocenters. The lowest BCUT2D eigenvalue weighted by molar-refractivity contribution is -0.125. The van der Waals surface area contributed by atoms with Gasteiger partial charge in [0, 0.05) is 24.5 Å². The number of piperidine rings is 1. The van der Waals surface area contributed by atoms with Crippen LogP contribution in [0.5, 0.6) is 0 Å². The second kappa shape index (κ2) is 6.70. The van der Waals surface area contributed by atoms with Crippen LogP contribution in [0.4, 0.5) is 0 Å². The maximum atomic E-state index is 11.8. The molecule has 0 aromatic carbocycles. The minimum atomic E-state index is -0.786. The Kier molecular flexibility index (Phi) is 5.18. The van der Waals surface area contributed by atoms with Crippen LogP contribution in [0, 0.1) is 5.92 Å². The van der Waals surface area contributed by atoms with E-state index in [1.54, 1.807) is 13.8 Å². The highest BCUT2D eigenvalue weighted by Crippen LogP contribution is 2.20. The zero-order chi connectivity index (χ0) is 14.6. The van der Waals surface area contributed by atoms with Crippen molar-refractivity contribution in [2.45, 2.75) is 38.8 Å². The smallest absolute Gasteiger partial charge is 0.239 e. The van der Waals surface area contributed by atoms with Crippen LogP contribution in [-0.2, 0) is 11.3 Å². The number of amides is 1. The number of likely N-dealkylation sites (tertiary alicyclic amines) is 1. The molecular formula is C15H25N3OS. The first kappa shape index (κ1) is 15.5. The molecule has 5 heteroatoms. The van der Waals surface area contributed by atoms with Gasteiger partial charge in [-0.1, -0.05) is 6.07 Å². The molecule has 112 valence electrons. The van der Waals surface area contributed by atoms with E-state index in [0.717, 1.165) is 26.2 Å². The lowest BCUT2D eigenvalue weighted by atomic mass is 9.97. The van der Waals surface area contributed by atoms with Gasteiger partial charge in [-0.25, -0.2) is 0 Å². The third kappa shape index (κ3) is 4.58. The normalized spacial score (nSPS) is 20.9. The Labute approximate surface area is 125 Å². The quantitative estimate of drug-likeness (QED) is 0.871. The van der Waals surface area contributed by atoms with Crippen LogP contribution in [-0.4, -0.2) is 36.0 Å². The van der Waals surface area contributed by atoms with E-state index in [2.05, 4.69) is 27.7 Å². The summed E-state index contributed by atoms with van der Waals surface area (Å²) >= 11 is 1.81. The van der Waals surface area contributed by atoms with E-state index in [1.807, 2.05) is 11.3 Å². The summed E-state index contributed by atoms with van der Waals surface area (Å²) < 4.78 is 0. The van der Waals surface area contributed by atoms with Gasteiger partial charge >= 0.3 is 0 Å². The van der Waals surface area contributed by atoms with Crippen molar-refractivity contribution in [3.63, 3.8) is 0 Å². The van der Waals surface area contributed by atoms with Gasteiger partial charge in [0.25, 0.3) is 0 Å². The number of nitrogens with one attached hydrogen (secondary N) is 1. The van der Waals surface area contributed by atoms with Gasteiger partial charge in [-0.05, 0) is 50.6 Å². The highest BCUT2D eigenvalue weighted by molar-refractivity contribution is 7.09. The lowest BCUT2D eigenvalue weighted by Crippen LogP contribution is -2.51. The fraction of sp³-hybridized carbons (Fsp3) is 0.667. The van der Waals surface area contributed by atoms with Crippen molar-refractivity contribution in [1.29, 1.82) is 0 Å². The van der Waals surface area contributed by atoms with Gasteiger partial charge in [0.05, 0.1) is 5.54 Å². The molecule has 1 aliphatic heterocycles. The third-order valence-electron chi connectivity index (χ3n) is 3.70. The minimum Gasteiger partial charge on any atom is -0.354 e. The van der Waals surface area contributed by atoms with Crippen molar-refractivity contribution in [3.8, 4) is 0 Å². The highest BCUT2D eigenvalue weighted by Gasteiger charge is 2.24. The van der Waals surface area contributed by atoms with Crippen molar-refractivity contribution < 1.29 is 4.79 Å². The number of thiophene rings is 1. The van der Waals surface area contributed by atoms with Gasteiger partial charge in [0.2, 0.25) is 5.91 Å². The Bertz CT molecular complexity index is 425. The Morgan fingerprint density at radius 2 is 2.40 bits per heavy atom. The molecule has 1 aromatic rings. The van der Waals surface area contributed by atoms with Crippen LogP contribution in [0.1, 0.15) is 31.6 Å². The second-order valence-corrected chi connectivity index (χ2v) is 7.29. The zero-order valence-corrected chi connectivity index (χ0v) is 13.2. The molecule has 0 radical (unpaired) electrons. The Balaban J connectivity index is 1.77. The number of nitrogens with zero attached hydrogens (tertiary/aromatic N) is 1. The molecule has 0 aliphatic carbocycles. The molecule has 1 aromatic heterocycles. The summed E-state index contributed by atoms with van der Waals surface area (Å²) in [6.45, 7) is 7.47. The van der Waals surface area contributed by atoms with Crippen LogP contribution in [0.2, 0.25) is 0 Å². The van der Waals surface area contributed by atoms with Crippen molar-refractivity contribution >= 4 is 17.2 Å². The predicted octanol–water partition coefficient (Wildman–Crippen LogP) is 1.81. The van der Waals surface area contributed by atoms with E-state index in [0.29, 0.717) is 5.92 Å². The number of carbonyl (C=O) groups excluding carboxylic acids is 1. The predicted molar refractivity (Wildman–Crippen MR) is 83.6 cm³/mol. The molecule has 1 atom stereocenters. The first-order chi connectivity index (χ1) is 9.45. The average Bonchev–Trinajstić information content (AvgIpc) is 2.88. The molecule has 1 saturated heterocycles. The van der Waals surface area contributed by atoms with Gasteiger partial charge in [0.1, 0.15) is 0 Å². The second-order valence-electron chi connectivity index (χ2n) is 6.25. The van der Waals surface area contributed by atoms with Crippen LogP contribution < -0.4 is 11.1 Å².